The molecule has 29 heavy (non-hydrogen) atoms. The Morgan fingerprint density at radius 1 is 1.00 bits per heavy atom. The predicted octanol–water partition coefficient (Wildman–Crippen LogP) is 7.01. The summed E-state index contributed by atoms with van der Waals surface area (Å²) in [5.41, 5.74) is 0.670. The van der Waals surface area contributed by atoms with Crippen LogP contribution in [0.15, 0.2) is 30.3 Å². The SMILES string of the molecule is CCCCOc1ccc(-c2ccc(C3CCC(CCC)OC3)c(F)c2F)cc1F. The molecule has 0 saturated carbocycles. The summed E-state index contributed by atoms with van der Waals surface area (Å²) < 4.78 is 55.1. The molecule has 2 unspecified atom stereocenters. The van der Waals surface area contributed by atoms with Gasteiger partial charge >= 0.3 is 0 Å². The highest BCUT2D eigenvalue weighted by atomic mass is 19.2. The van der Waals surface area contributed by atoms with E-state index in [0.29, 0.717) is 18.8 Å². The molecule has 0 aliphatic carbocycles. The molecule has 1 fully saturated rings. The Kier molecular flexibility index (Phi) is 7.59. The Labute approximate surface area is 171 Å². The summed E-state index contributed by atoms with van der Waals surface area (Å²) in [7, 11) is 0. The van der Waals surface area contributed by atoms with Crippen molar-refractivity contribution in [2.24, 2.45) is 0 Å². The number of unbranched alkanes of at least 4 members (excludes halogenated alkanes) is 1. The normalized spacial score (nSPS) is 19.3. The van der Waals surface area contributed by atoms with Crippen molar-refractivity contribution in [2.45, 2.75) is 64.4 Å². The first-order chi connectivity index (χ1) is 14.0. The molecule has 0 aromatic heterocycles. The molecule has 0 N–H and O–H groups in total. The van der Waals surface area contributed by atoms with E-state index in [0.717, 1.165) is 38.5 Å². The van der Waals surface area contributed by atoms with Gasteiger partial charge in [-0.3, -0.25) is 0 Å². The number of ether oxygens (including phenoxy) is 2. The van der Waals surface area contributed by atoms with Crippen molar-refractivity contribution in [1.29, 1.82) is 0 Å². The van der Waals surface area contributed by atoms with Gasteiger partial charge in [0.1, 0.15) is 0 Å². The highest BCUT2D eigenvalue weighted by molar-refractivity contribution is 5.66. The van der Waals surface area contributed by atoms with Gasteiger partial charge in [0.25, 0.3) is 0 Å². The lowest BCUT2D eigenvalue weighted by Crippen LogP contribution is -2.25. The second kappa shape index (κ2) is 10.1. The van der Waals surface area contributed by atoms with Gasteiger partial charge in [-0.05, 0) is 48.9 Å². The molecule has 2 aromatic carbocycles. The first-order valence-corrected chi connectivity index (χ1v) is 10.6. The van der Waals surface area contributed by atoms with Crippen LogP contribution in [0.25, 0.3) is 11.1 Å². The Morgan fingerprint density at radius 2 is 1.83 bits per heavy atom. The number of hydrogen-bond donors (Lipinski definition) is 0. The lowest BCUT2D eigenvalue weighted by atomic mass is 9.88. The summed E-state index contributed by atoms with van der Waals surface area (Å²) in [4.78, 5) is 0. The maximum Gasteiger partial charge on any atom is 0.166 e. The fourth-order valence-electron chi connectivity index (χ4n) is 3.82. The van der Waals surface area contributed by atoms with Crippen molar-refractivity contribution in [3.05, 3.63) is 53.3 Å². The summed E-state index contributed by atoms with van der Waals surface area (Å²) >= 11 is 0. The number of hydrogen-bond acceptors (Lipinski definition) is 2. The van der Waals surface area contributed by atoms with Gasteiger partial charge < -0.3 is 9.47 Å². The third-order valence-corrected chi connectivity index (χ3v) is 5.53. The molecular formula is C24H29F3O2. The first-order valence-electron chi connectivity index (χ1n) is 10.6. The van der Waals surface area contributed by atoms with E-state index in [4.69, 9.17) is 9.47 Å². The van der Waals surface area contributed by atoms with E-state index in [1.54, 1.807) is 12.1 Å². The number of halogens is 3. The van der Waals surface area contributed by atoms with E-state index >= 15 is 0 Å². The monoisotopic (exact) mass is 406 g/mol. The third kappa shape index (κ3) is 5.13. The molecule has 158 valence electrons. The lowest BCUT2D eigenvalue weighted by Gasteiger charge is -2.29. The fraction of sp³-hybridized carbons (Fsp3) is 0.500. The van der Waals surface area contributed by atoms with Crippen molar-refractivity contribution in [1.82, 2.24) is 0 Å². The van der Waals surface area contributed by atoms with Gasteiger partial charge in [-0.1, -0.05) is 44.9 Å². The van der Waals surface area contributed by atoms with Crippen LogP contribution in [0.5, 0.6) is 5.75 Å². The molecule has 2 aromatic rings. The maximum absolute atomic E-state index is 14.8. The Bertz CT molecular complexity index is 814. The van der Waals surface area contributed by atoms with Crippen LogP contribution in [-0.4, -0.2) is 19.3 Å². The van der Waals surface area contributed by atoms with Crippen LogP contribution in [0.3, 0.4) is 0 Å². The van der Waals surface area contributed by atoms with E-state index < -0.39 is 17.5 Å². The number of benzene rings is 2. The average Bonchev–Trinajstić information content (AvgIpc) is 2.72. The smallest absolute Gasteiger partial charge is 0.166 e. The second-order valence-corrected chi connectivity index (χ2v) is 7.70. The molecule has 1 heterocycles. The Morgan fingerprint density at radius 3 is 2.48 bits per heavy atom. The molecule has 3 rings (SSSR count). The van der Waals surface area contributed by atoms with E-state index in [9.17, 15) is 13.2 Å². The fourth-order valence-corrected chi connectivity index (χ4v) is 3.82. The van der Waals surface area contributed by atoms with Crippen molar-refractivity contribution in [3.63, 3.8) is 0 Å². The molecule has 2 nitrogen and oxygen atoms in total. The highest BCUT2D eigenvalue weighted by Crippen LogP contribution is 2.35. The zero-order chi connectivity index (χ0) is 20.8. The molecular weight excluding hydrogens is 377 g/mol. The number of rotatable bonds is 8. The van der Waals surface area contributed by atoms with Crippen molar-refractivity contribution < 1.29 is 22.6 Å². The molecule has 0 amide bonds. The van der Waals surface area contributed by atoms with E-state index in [2.05, 4.69) is 6.92 Å². The minimum absolute atomic E-state index is 0.0471. The van der Waals surface area contributed by atoms with Crippen LogP contribution in [-0.2, 0) is 4.74 Å². The van der Waals surface area contributed by atoms with Crippen LogP contribution >= 0.6 is 0 Å². The molecule has 1 aliphatic rings. The third-order valence-electron chi connectivity index (χ3n) is 5.53. The van der Waals surface area contributed by atoms with Crippen LogP contribution in [0, 0.1) is 17.5 Å². The van der Waals surface area contributed by atoms with E-state index in [-0.39, 0.29) is 28.9 Å². The van der Waals surface area contributed by atoms with Crippen LogP contribution in [0.4, 0.5) is 13.2 Å². The van der Waals surface area contributed by atoms with Gasteiger partial charge in [0.05, 0.1) is 19.3 Å². The van der Waals surface area contributed by atoms with Gasteiger partial charge in [0, 0.05) is 11.5 Å². The Balaban J connectivity index is 1.77. The molecule has 5 heteroatoms. The van der Waals surface area contributed by atoms with Gasteiger partial charge in [0.2, 0.25) is 0 Å². The first kappa shape index (κ1) is 21.7. The maximum atomic E-state index is 14.8. The summed E-state index contributed by atoms with van der Waals surface area (Å²) in [5.74, 6) is -2.42. The molecule has 0 bridgehead atoms. The second-order valence-electron chi connectivity index (χ2n) is 7.70. The summed E-state index contributed by atoms with van der Waals surface area (Å²) in [6, 6.07) is 7.34. The van der Waals surface area contributed by atoms with Crippen LogP contribution < -0.4 is 4.74 Å². The van der Waals surface area contributed by atoms with Crippen molar-refractivity contribution >= 4 is 0 Å². The molecule has 1 saturated heterocycles. The predicted molar refractivity (Wildman–Crippen MR) is 109 cm³/mol. The topological polar surface area (TPSA) is 18.5 Å². The summed E-state index contributed by atoms with van der Waals surface area (Å²) in [5, 5.41) is 0. The molecule has 0 radical (unpaired) electrons. The van der Waals surface area contributed by atoms with Gasteiger partial charge in [0.15, 0.2) is 23.2 Å². The van der Waals surface area contributed by atoms with E-state index in [1.807, 2.05) is 6.92 Å². The summed E-state index contributed by atoms with van der Waals surface area (Å²) in [6.07, 6.45) is 5.65. The van der Waals surface area contributed by atoms with Gasteiger partial charge in [-0.15, -0.1) is 0 Å². The average molecular weight is 406 g/mol. The molecule has 2 atom stereocenters. The molecule has 0 spiro atoms. The highest BCUT2D eigenvalue weighted by Gasteiger charge is 2.27. The zero-order valence-electron chi connectivity index (χ0n) is 17.1. The van der Waals surface area contributed by atoms with Crippen LogP contribution in [0.1, 0.15) is 63.9 Å². The minimum Gasteiger partial charge on any atom is -0.491 e. The van der Waals surface area contributed by atoms with Crippen molar-refractivity contribution in [3.8, 4) is 16.9 Å². The minimum atomic E-state index is -0.947. The Hall–Kier alpha value is -2.01. The largest absolute Gasteiger partial charge is 0.491 e. The summed E-state index contributed by atoms with van der Waals surface area (Å²) in [6.45, 7) is 4.95. The van der Waals surface area contributed by atoms with Crippen molar-refractivity contribution in [2.75, 3.05) is 13.2 Å². The van der Waals surface area contributed by atoms with Gasteiger partial charge in [-0.25, -0.2) is 13.2 Å². The van der Waals surface area contributed by atoms with E-state index in [1.165, 1.54) is 18.2 Å². The zero-order valence-corrected chi connectivity index (χ0v) is 17.1. The standard InChI is InChI=1S/C24H29F3O2/c1-3-5-13-28-22-12-8-16(14-21(22)25)19-10-11-20(24(27)23(19)26)17-7-9-18(6-4-2)29-15-17/h8,10-12,14,17-18H,3-7,9,13,15H2,1-2H3. The van der Waals surface area contributed by atoms with Gasteiger partial charge in [-0.2, -0.15) is 0 Å². The quantitative estimate of drug-likeness (QED) is 0.439. The lowest BCUT2D eigenvalue weighted by molar-refractivity contribution is -0.00181. The molecule has 1 aliphatic heterocycles. The van der Waals surface area contributed by atoms with Crippen LogP contribution in [0.2, 0.25) is 0 Å².